The molecule has 0 atom stereocenters. The molecule has 1 heterocycles. The molecule has 0 fully saturated rings. The zero-order valence-corrected chi connectivity index (χ0v) is 9.43. The van der Waals surface area contributed by atoms with Gasteiger partial charge >= 0.3 is 5.97 Å². The van der Waals surface area contributed by atoms with Crippen LogP contribution < -0.4 is 0 Å². The molecule has 2 nitrogen and oxygen atoms in total. The Labute approximate surface area is 92.3 Å². The molecule has 2 aromatic rings. The van der Waals surface area contributed by atoms with Crippen LogP contribution in [0.15, 0.2) is 24.3 Å². The van der Waals surface area contributed by atoms with Crippen LogP contribution in [0, 0.1) is 3.57 Å². The molecule has 0 spiro atoms. The number of carboxylic acid groups (broad SMARTS) is 1. The van der Waals surface area contributed by atoms with Crippen LogP contribution >= 0.6 is 33.9 Å². The summed E-state index contributed by atoms with van der Waals surface area (Å²) >= 11 is 3.54. The van der Waals surface area contributed by atoms with Crippen molar-refractivity contribution in [1.82, 2.24) is 0 Å². The maximum atomic E-state index is 10.7. The van der Waals surface area contributed by atoms with Gasteiger partial charge in [0.25, 0.3) is 0 Å². The van der Waals surface area contributed by atoms with Crippen LogP contribution in [0.1, 0.15) is 9.67 Å². The minimum atomic E-state index is -0.850. The molecule has 0 bridgehead atoms. The molecule has 66 valence electrons. The number of thiophene rings is 1. The molecule has 2 rings (SSSR count). The smallest absolute Gasteiger partial charge is 0.345 e. The van der Waals surface area contributed by atoms with Crippen molar-refractivity contribution in [2.75, 3.05) is 0 Å². The van der Waals surface area contributed by atoms with Crippen LogP contribution in [-0.4, -0.2) is 11.1 Å². The first-order valence-corrected chi connectivity index (χ1v) is 5.49. The quantitative estimate of drug-likeness (QED) is 0.822. The molecule has 0 aliphatic heterocycles. The lowest BCUT2D eigenvalue weighted by atomic mass is 10.2. The Morgan fingerprint density at radius 1 is 1.46 bits per heavy atom. The van der Waals surface area contributed by atoms with Crippen LogP contribution in [0.2, 0.25) is 0 Å². The van der Waals surface area contributed by atoms with Crippen LogP contribution in [0.5, 0.6) is 0 Å². The van der Waals surface area contributed by atoms with Crippen molar-refractivity contribution < 1.29 is 9.90 Å². The molecule has 0 saturated heterocycles. The molecular weight excluding hydrogens is 299 g/mol. The molecule has 1 aromatic heterocycles. The molecule has 0 aliphatic carbocycles. The van der Waals surface area contributed by atoms with Crippen LogP contribution in [0.3, 0.4) is 0 Å². The Morgan fingerprint density at radius 2 is 2.23 bits per heavy atom. The molecule has 0 amide bonds. The summed E-state index contributed by atoms with van der Waals surface area (Å²) in [6, 6.07) is 7.55. The van der Waals surface area contributed by atoms with Gasteiger partial charge in [-0.15, -0.1) is 11.3 Å². The van der Waals surface area contributed by atoms with E-state index in [1.54, 1.807) is 6.07 Å². The molecule has 4 heteroatoms. The topological polar surface area (TPSA) is 37.3 Å². The minimum Gasteiger partial charge on any atom is -0.477 e. The fourth-order valence-corrected chi connectivity index (χ4v) is 2.89. The summed E-state index contributed by atoms with van der Waals surface area (Å²) < 4.78 is 2.16. The number of fused-ring (bicyclic) bond motifs is 1. The van der Waals surface area contributed by atoms with E-state index < -0.39 is 5.97 Å². The van der Waals surface area contributed by atoms with Gasteiger partial charge in [-0.2, -0.15) is 0 Å². The highest BCUT2D eigenvalue weighted by Gasteiger charge is 2.09. The summed E-state index contributed by atoms with van der Waals surface area (Å²) in [6.45, 7) is 0. The van der Waals surface area contributed by atoms with E-state index >= 15 is 0 Å². The molecule has 0 unspecified atom stereocenters. The number of halogens is 1. The molecule has 0 aliphatic rings. The van der Waals surface area contributed by atoms with E-state index in [0.717, 1.165) is 13.7 Å². The van der Waals surface area contributed by atoms with Gasteiger partial charge in [0, 0.05) is 8.27 Å². The van der Waals surface area contributed by atoms with Crippen LogP contribution in [0.4, 0.5) is 0 Å². The van der Waals surface area contributed by atoms with E-state index in [0.29, 0.717) is 4.88 Å². The van der Waals surface area contributed by atoms with Crippen molar-refractivity contribution in [2.24, 2.45) is 0 Å². The SMILES string of the molecule is O=C(O)c1cc2cccc(I)c2s1. The second kappa shape index (κ2) is 3.26. The number of aromatic carboxylic acids is 1. The largest absolute Gasteiger partial charge is 0.477 e. The summed E-state index contributed by atoms with van der Waals surface area (Å²) in [4.78, 5) is 11.1. The molecule has 0 saturated carbocycles. The van der Waals surface area contributed by atoms with Crippen LogP contribution in [0.25, 0.3) is 10.1 Å². The fraction of sp³-hybridized carbons (Fsp3) is 0. The Kier molecular flexibility index (Phi) is 2.25. The second-order valence-electron chi connectivity index (χ2n) is 2.57. The van der Waals surface area contributed by atoms with E-state index in [1.807, 2.05) is 18.2 Å². The third kappa shape index (κ3) is 1.55. The summed E-state index contributed by atoms with van der Waals surface area (Å²) in [5.74, 6) is -0.850. The van der Waals surface area contributed by atoms with E-state index in [9.17, 15) is 4.79 Å². The van der Waals surface area contributed by atoms with Gasteiger partial charge in [-0.05, 0) is 40.1 Å². The second-order valence-corrected chi connectivity index (χ2v) is 4.79. The Bertz CT molecular complexity index is 475. The lowest BCUT2D eigenvalue weighted by Gasteiger charge is -1.89. The van der Waals surface area contributed by atoms with Gasteiger partial charge in [0.2, 0.25) is 0 Å². The maximum absolute atomic E-state index is 10.7. The monoisotopic (exact) mass is 304 g/mol. The number of hydrogen-bond acceptors (Lipinski definition) is 2. The number of hydrogen-bond donors (Lipinski definition) is 1. The van der Waals surface area contributed by atoms with E-state index in [-0.39, 0.29) is 0 Å². The van der Waals surface area contributed by atoms with Gasteiger partial charge in [0.15, 0.2) is 0 Å². The number of carbonyl (C=O) groups is 1. The summed E-state index contributed by atoms with van der Waals surface area (Å²) in [6.07, 6.45) is 0. The third-order valence-corrected chi connectivity index (χ3v) is 4.14. The Morgan fingerprint density at radius 3 is 2.85 bits per heavy atom. The summed E-state index contributed by atoms with van der Waals surface area (Å²) in [5, 5.41) is 9.79. The molecular formula is C9H5IO2S. The van der Waals surface area contributed by atoms with E-state index in [2.05, 4.69) is 22.6 Å². The Hall–Kier alpha value is -0.620. The van der Waals surface area contributed by atoms with E-state index in [1.165, 1.54) is 11.3 Å². The first-order valence-electron chi connectivity index (χ1n) is 3.60. The average Bonchev–Trinajstić information content (AvgIpc) is 2.49. The van der Waals surface area contributed by atoms with Gasteiger partial charge in [0.1, 0.15) is 4.88 Å². The first kappa shape index (κ1) is 8.96. The van der Waals surface area contributed by atoms with Gasteiger partial charge < -0.3 is 5.11 Å². The van der Waals surface area contributed by atoms with Crippen molar-refractivity contribution in [2.45, 2.75) is 0 Å². The Balaban J connectivity index is 2.75. The van der Waals surface area contributed by atoms with Gasteiger partial charge in [-0.25, -0.2) is 4.79 Å². The number of carboxylic acids is 1. The maximum Gasteiger partial charge on any atom is 0.345 e. The lowest BCUT2D eigenvalue weighted by molar-refractivity contribution is 0.0702. The normalized spacial score (nSPS) is 10.5. The van der Waals surface area contributed by atoms with Gasteiger partial charge in [0.05, 0.1) is 0 Å². The van der Waals surface area contributed by atoms with E-state index in [4.69, 9.17) is 5.11 Å². The van der Waals surface area contributed by atoms with Gasteiger partial charge in [-0.1, -0.05) is 12.1 Å². The van der Waals surface area contributed by atoms with Crippen molar-refractivity contribution in [3.63, 3.8) is 0 Å². The zero-order chi connectivity index (χ0) is 9.42. The fourth-order valence-electron chi connectivity index (χ4n) is 1.13. The highest BCUT2D eigenvalue weighted by atomic mass is 127. The standard InChI is InChI=1S/C9H5IO2S/c10-6-3-1-2-5-4-7(9(11)12)13-8(5)6/h1-4H,(H,11,12). The van der Waals surface area contributed by atoms with Crippen molar-refractivity contribution in [3.05, 3.63) is 32.7 Å². The summed E-state index contributed by atoms with van der Waals surface area (Å²) in [5.41, 5.74) is 0. The molecule has 1 aromatic carbocycles. The number of benzene rings is 1. The molecule has 0 radical (unpaired) electrons. The van der Waals surface area contributed by atoms with Crippen molar-refractivity contribution in [1.29, 1.82) is 0 Å². The van der Waals surface area contributed by atoms with Crippen LogP contribution in [-0.2, 0) is 0 Å². The highest BCUT2D eigenvalue weighted by molar-refractivity contribution is 14.1. The summed E-state index contributed by atoms with van der Waals surface area (Å²) in [7, 11) is 0. The van der Waals surface area contributed by atoms with Crippen molar-refractivity contribution in [3.8, 4) is 0 Å². The zero-order valence-electron chi connectivity index (χ0n) is 6.45. The molecule has 1 N–H and O–H groups in total. The first-order chi connectivity index (χ1) is 6.18. The average molecular weight is 304 g/mol. The highest BCUT2D eigenvalue weighted by Crippen LogP contribution is 2.29. The molecule has 13 heavy (non-hydrogen) atoms. The predicted molar refractivity (Wildman–Crippen MR) is 61.5 cm³/mol. The lowest BCUT2D eigenvalue weighted by Crippen LogP contribution is -1.89. The van der Waals surface area contributed by atoms with Crippen molar-refractivity contribution >= 4 is 50.0 Å². The third-order valence-electron chi connectivity index (χ3n) is 1.71. The predicted octanol–water partition coefficient (Wildman–Crippen LogP) is 3.20. The van der Waals surface area contributed by atoms with Gasteiger partial charge in [-0.3, -0.25) is 0 Å². The minimum absolute atomic E-state index is 0.402. The number of rotatable bonds is 1.